The molecule has 0 N–H and O–H groups in total. The first kappa shape index (κ1) is 14.6. The summed E-state index contributed by atoms with van der Waals surface area (Å²) in [5.74, 6) is 0.485. The number of hydrogen-bond acceptors (Lipinski definition) is 0. The van der Waals surface area contributed by atoms with E-state index in [-0.39, 0.29) is 0 Å². The molecule has 2 aliphatic carbocycles. The molecule has 0 amide bonds. The van der Waals surface area contributed by atoms with Gasteiger partial charge in [-0.3, -0.25) is 0 Å². The van der Waals surface area contributed by atoms with Gasteiger partial charge in [-0.15, -0.1) is 0 Å². The Bertz CT molecular complexity index is 568. The third-order valence-electron chi connectivity index (χ3n) is 3.56. The highest BCUT2D eigenvalue weighted by Crippen LogP contribution is 2.36. The lowest BCUT2D eigenvalue weighted by atomic mass is 9.81. The molecule has 0 heterocycles. The highest BCUT2D eigenvalue weighted by atomic mass is 14.2. The molecule has 0 fully saturated rings. The second-order valence-corrected chi connectivity index (χ2v) is 5.35. The van der Waals surface area contributed by atoms with Crippen molar-refractivity contribution in [2.75, 3.05) is 0 Å². The molecule has 2 bridgehead atoms. The molecule has 0 saturated heterocycles. The maximum atomic E-state index is 2.29. The first-order chi connectivity index (χ1) is 9.77. The van der Waals surface area contributed by atoms with Crippen molar-refractivity contribution >= 4 is 12.2 Å². The monoisotopic (exact) mass is 264 g/mol. The maximum absolute atomic E-state index is 2.29. The third kappa shape index (κ3) is 3.19. The van der Waals surface area contributed by atoms with Crippen molar-refractivity contribution in [2.45, 2.75) is 39.5 Å². The molecule has 0 aliphatic heterocycles. The van der Waals surface area contributed by atoms with E-state index in [1.54, 1.807) is 0 Å². The molecule has 1 unspecified atom stereocenters. The molecule has 3 rings (SSSR count). The Kier molecular flexibility index (Phi) is 5.17. The van der Waals surface area contributed by atoms with E-state index in [0.717, 1.165) is 6.42 Å². The van der Waals surface area contributed by atoms with Gasteiger partial charge in [0, 0.05) is 5.92 Å². The van der Waals surface area contributed by atoms with Gasteiger partial charge in [-0.1, -0.05) is 87.9 Å². The summed E-state index contributed by atoms with van der Waals surface area (Å²) < 4.78 is 0. The molecular formula is C20H24. The van der Waals surface area contributed by atoms with Crippen LogP contribution in [0.4, 0.5) is 0 Å². The number of fused-ring (bicyclic) bond motifs is 1. The first-order valence-electron chi connectivity index (χ1n) is 7.62. The SMILES string of the molecule is CC1/C2=C\C=C/C/C=C\c3cccc(c31)C=C2.CCC. The van der Waals surface area contributed by atoms with Crippen LogP contribution < -0.4 is 0 Å². The van der Waals surface area contributed by atoms with Crippen molar-refractivity contribution in [1.29, 1.82) is 0 Å². The van der Waals surface area contributed by atoms with Crippen LogP contribution in [0.5, 0.6) is 0 Å². The molecule has 0 saturated carbocycles. The van der Waals surface area contributed by atoms with Gasteiger partial charge in [-0.05, 0) is 28.7 Å². The average Bonchev–Trinajstić information content (AvgIpc) is 2.45. The van der Waals surface area contributed by atoms with Gasteiger partial charge in [0.2, 0.25) is 0 Å². The second-order valence-electron chi connectivity index (χ2n) is 5.35. The van der Waals surface area contributed by atoms with Gasteiger partial charge in [0.15, 0.2) is 0 Å². The van der Waals surface area contributed by atoms with Crippen molar-refractivity contribution < 1.29 is 0 Å². The van der Waals surface area contributed by atoms with Crippen LogP contribution >= 0.6 is 0 Å². The molecule has 1 atom stereocenters. The standard InChI is InChI=1S/C17H16.C3H8/c1-13-14-7-4-2-3-5-8-15-9-6-10-16(12-11-14)17(13)15;1-3-2/h2,4-13H,3H2,1H3;3H2,1-2H3/b4-2-,8-5-,14-7-;. The molecule has 20 heavy (non-hydrogen) atoms. The molecular weight excluding hydrogens is 240 g/mol. The Hall–Kier alpha value is -1.82. The molecule has 1 aromatic rings. The second kappa shape index (κ2) is 7.09. The lowest BCUT2D eigenvalue weighted by Crippen LogP contribution is -2.05. The quantitative estimate of drug-likeness (QED) is 0.528. The van der Waals surface area contributed by atoms with Crippen LogP contribution in [0.2, 0.25) is 0 Å². The predicted molar refractivity (Wildman–Crippen MR) is 90.7 cm³/mol. The molecule has 0 heteroatoms. The summed E-state index contributed by atoms with van der Waals surface area (Å²) in [6.45, 7) is 6.54. The third-order valence-corrected chi connectivity index (χ3v) is 3.56. The zero-order valence-electron chi connectivity index (χ0n) is 12.8. The number of hydrogen-bond donors (Lipinski definition) is 0. The Morgan fingerprint density at radius 1 is 1.00 bits per heavy atom. The highest BCUT2D eigenvalue weighted by Gasteiger charge is 2.18. The summed E-state index contributed by atoms with van der Waals surface area (Å²) in [6, 6.07) is 6.57. The lowest BCUT2D eigenvalue weighted by Gasteiger charge is -2.23. The minimum absolute atomic E-state index is 0.485. The molecule has 2 aliphatic rings. The van der Waals surface area contributed by atoms with Crippen LogP contribution in [0.1, 0.15) is 56.2 Å². The van der Waals surface area contributed by atoms with E-state index in [9.17, 15) is 0 Å². The molecule has 104 valence electrons. The topological polar surface area (TPSA) is 0 Å². The van der Waals surface area contributed by atoms with Crippen molar-refractivity contribution in [2.24, 2.45) is 0 Å². The number of rotatable bonds is 0. The minimum Gasteiger partial charge on any atom is -0.0807 e. The zero-order valence-corrected chi connectivity index (χ0v) is 12.8. The molecule has 0 spiro atoms. The Morgan fingerprint density at radius 2 is 1.70 bits per heavy atom. The van der Waals surface area contributed by atoms with E-state index in [1.807, 2.05) is 0 Å². The van der Waals surface area contributed by atoms with Crippen LogP contribution in [-0.4, -0.2) is 0 Å². The Balaban J connectivity index is 0.000000452. The summed E-state index contributed by atoms with van der Waals surface area (Å²) in [4.78, 5) is 0. The van der Waals surface area contributed by atoms with Crippen LogP contribution in [0.15, 0.2) is 54.2 Å². The molecule has 0 aromatic heterocycles. The minimum atomic E-state index is 0.485. The van der Waals surface area contributed by atoms with E-state index in [2.05, 4.69) is 81.5 Å². The van der Waals surface area contributed by atoms with E-state index in [1.165, 1.54) is 28.7 Å². The van der Waals surface area contributed by atoms with Crippen LogP contribution in [0.3, 0.4) is 0 Å². The van der Waals surface area contributed by atoms with Crippen molar-refractivity contribution in [3.05, 3.63) is 70.8 Å². The summed E-state index contributed by atoms with van der Waals surface area (Å²) in [7, 11) is 0. The van der Waals surface area contributed by atoms with Crippen molar-refractivity contribution in [3.63, 3.8) is 0 Å². The smallest absolute Gasteiger partial charge is 0.00728 e. The fourth-order valence-electron chi connectivity index (χ4n) is 2.62. The lowest BCUT2D eigenvalue weighted by molar-refractivity contribution is 0.907. The van der Waals surface area contributed by atoms with E-state index >= 15 is 0 Å². The molecule has 0 nitrogen and oxygen atoms in total. The predicted octanol–water partition coefficient (Wildman–Crippen LogP) is 6.13. The summed E-state index contributed by atoms with van der Waals surface area (Å²) in [5, 5.41) is 0. The maximum Gasteiger partial charge on any atom is 0.00728 e. The van der Waals surface area contributed by atoms with Crippen LogP contribution in [-0.2, 0) is 0 Å². The van der Waals surface area contributed by atoms with Crippen molar-refractivity contribution in [3.8, 4) is 0 Å². The van der Waals surface area contributed by atoms with E-state index < -0.39 is 0 Å². The highest BCUT2D eigenvalue weighted by molar-refractivity contribution is 5.71. The largest absolute Gasteiger partial charge is 0.0807 e. The summed E-state index contributed by atoms with van der Waals surface area (Å²) in [5.41, 5.74) is 5.59. The van der Waals surface area contributed by atoms with E-state index in [4.69, 9.17) is 0 Å². The van der Waals surface area contributed by atoms with Gasteiger partial charge in [-0.2, -0.15) is 0 Å². The number of benzene rings is 1. The van der Waals surface area contributed by atoms with Crippen LogP contribution in [0.25, 0.3) is 12.2 Å². The van der Waals surface area contributed by atoms with Crippen molar-refractivity contribution in [1.82, 2.24) is 0 Å². The van der Waals surface area contributed by atoms with Crippen LogP contribution in [0, 0.1) is 0 Å². The normalized spacial score (nSPS) is 24.8. The average molecular weight is 264 g/mol. The first-order valence-corrected chi connectivity index (χ1v) is 7.62. The van der Waals surface area contributed by atoms with Gasteiger partial charge in [-0.25, -0.2) is 0 Å². The molecule has 1 aromatic carbocycles. The van der Waals surface area contributed by atoms with Gasteiger partial charge in [0.1, 0.15) is 0 Å². The Labute approximate surface area is 123 Å². The van der Waals surface area contributed by atoms with Gasteiger partial charge < -0.3 is 0 Å². The fraction of sp³-hybridized carbons (Fsp3) is 0.300. The van der Waals surface area contributed by atoms with Gasteiger partial charge in [0.25, 0.3) is 0 Å². The number of allylic oxidation sites excluding steroid dienone is 6. The summed E-state index contributed by atoms with van der Waals surface area (Å²) in [6.07, 6.45) is 17.8. The zero-order chi connectivity index (χ0) is 14.4. The Morgan fingerprint density at radius 3 is 2.45 bits per heavy atom. The van der Waals surface area contributed by atoms with Gasteiger partial charge >= 0.3 is 0 Å². The molecule has 0 radical (unpaired) electrons. The fourth-order valence-corrected chi connectivity index (χ4v) is 2.62. The van der Waals surface area contributed by atoms with Gasteiger partial charge in [0.05, 0.1) is 0 Å². The van der Waals surface area contributed by atoms with E-state index in [0.29, 0.717) is 5.92 Å². The summed E-state index contributed by atoms with van der Waals surface area (Å²) >= 11 is 0.